The molecule has 1 rings (SSSR count). The minimum Gasteiger partial charge on any atom is -0.502 e. The number of benzene rings is 1. The third kappa shape index (κ3) is 5.66. The second-order valence-electron chi connectivity index (χ2n) is 5.61. The van der Waals surface area contributed by atoms with Gasteiger partial charge in [-0.25, -0.2) is 4.79 Å². The minimum atomic E-state index is -1.44. The Morgan fingerprint density at radius 3 is 2.30 bits per heavy atom. The van der Waals surface area contributed by atoms with Crippen LogP contribution in [0.3, 0.4) is 0 Å². The number of carboxylic acid groups (broad SMARTS) is 1. The van der Waals surface area contributed by atoms with Gasteiger partial charge in [-0.2, -0.15) is 0 Å². The average molecular weight is 324 g/mol. The van der Waals surface area contributed by atoms with Crippen molar-refractivity contribution in [2.24, 2.45) is 0 Å². The van der Waals surface area contributed by atoms with Crippen LogP contribution in [0.5, 0.6) is 17.2 Å². The van der Waals surface area contributed by atoms with Crippen molar-refractivity contribution in [3.8, 4) is 17.2 Å². The number of aryl methyl sites for hydroxylation is 1. The van der Waals surface area contributed by atoms with Gasteiger partial charge in [0, 0.05) is 5.56 Å². The molecular formula is C18H28O5. The largest absolute Gasteiger partial charge is 0.511 e. The Hall–Kier alpha value is -1.91. The van der Waals surface area contributed by atoms with Crippen LogP contribution in [0.4, 0.5) is 4.79 Å². The molecular weight excluding hydrogens is 296 g/mol. The predicted octanol–water partition coefficient (Wildman–Crippen LogP) is 4.92. The lowest BCUT2D eigenvalue weighted by molar-refractivity contribution is 0.142. The Morgan fingerprint density at radius 2 is 1.74 bits per heavy atom. The van der Waals surface area contributed by atoms with E-state index >= 15 is 0 Å². The van der Waals surface area contributed by atoms with Crippen LogP contribution in [0.2, 0.25) is 0 Å². The summed E-state index contributed by atoms with van der Waals surface area (Å²) in [5.74, 6) is 0.118. The molecule has 0 atom stereocenters. The van der Waals surface area contributed by atoms with Gasteiger partial charge in [0.25, 0.3) is 0 Å². The van der Waals surface area contributed by atoms with Crippen molar-refractivity contribution in [1.82, 2.24) is 0 Å². The number of hydrogen-bond donors (Lipinski definition) is 2. The summed E-state index contributed by atoms with van der Waals surface area (Å²) in [5.41, 5.74) is 1.98. The van der Waals surface area contributed by atoms with Gasteiger partial charge in [0.1, 0.15) is 0 Å². The first-order valence-electron chi connectivity index (χ1n) is 8.46. The van der Waals surface area contributed by atoms with E-state index in [0.717, 1.165) is 56.1 Å². The summed E-state index contributed by atoms with van der Waals surface area (Å²) in [6.07, 6.45) is 5.03. The number of phenols is 1. The molecule has 0 unspecified atom stereocenters. The van der Waals surface area contributed by atoms with E-state index in [4.69, 9.17) is 14.6 Å². The molecule has 5 heteroatoms. The number of rotatable bonds is 10. The average Bonchev–Trinajstić information content (AvgIpc) is 2.52. The van der Waals surface area contributed by atoms with Crippen molar-refractivity contribution < 1.29 is 24.5 Å². The van der Waals surface area contributed by atoms with Crippen LogP contribution in [0.15, 0.2) is 6.07 Å². The van der Waals surface area contributed by atoms with Gasteiger partial charge in [-0.3, -0.25) is 0 Å². The lowest BCUT2D eigenvalue weighted by Gasteiger charge is -2.19. The summed E-state index contributed by atoms with van der Waals surface area (Å²) in [6.45, 7) is 6.67. The van der Waals surface area contributed by atoms with Gasteiger partial charge in [0.15, 0.2) is 11.5 Å². The topological polar surface area (TPSA) is 76.0 Å². The van der Waals surface area contributed by atoms with Gasteiger partial charge in [-0.05, 0) is 43.7 Å². The smallest absolute Gasteiger partial charge is 0.502 e. The van der Waals surface area contributed by atoms with E-state index in [1.165, 1.54) is 0 Å². The van der Waals surface area contributed by atoms with Crippen LogP contribution in [-0.2, 0) is 12.8 Å². The van der Waals surface area contributed by atoms with Gasteiger partial charge < -0.3 is 19.7 Å². The molecule has 0 aromatic heterocycles. The fourth-order valence-corrected chi connectivity index (χ4v) is 2.46. The quantitative estimate of drug-likeness (QED) is 0.472. The highest BCUT2D eigenvalue weighted by atomic mass is 16.7. The van der Waals surface area contributed by atoms with Crippen LogP contribution in [0, 0.1) is 0 Å². The SMILES string of the molecule is CCCCc1cc(OC(=O)O)c(O)c(OCCC)c1CCCC. The van der Waals surface area contributed by atoms with E-state index in [2.05, 4.69) is 13.8 Å². The molecule has 23 heavy (non-hydrogen) atoms. The summed E-state index contributed by atoms with van der Waals surface area (Å²) in [6, 6.07) is 1.64. The van der Waals surface area contributed by atoms with Gasteiger partial charge in [-0.15, -0.1) is 0 Å². The van der Waals surface area contributed by atoms with Gasteiger partial charge in [0.05, 0.1) is 6.61 Å². The fourth-order valence-electron chi connectivity index (χ4n) is 2.46. The molecule has 130 valence electrons. The van der Waals surface area contributed by atoms with E-state index in [-0.39, 0.29) is 11.5 Å². The van der Waals surface area contributed by atoms with Gasteiger partial charge in [-0.1, -0.05) is 33.6 Å². The zero-order valence-electron chi connectivity index (χ0n) is 14.4. The molecule has 1 aromatic rings. The lowest BCUT2D eigenvalue weighted by atomic mass is 9.96. The number of carbonyl (C=O) groups is 1. The highest BCUT2D eigenvalue weighted by molar-refractivity contribution is 5.66. The van der Waals surface area contributed by atoms with Crippen molar-refractivity contribution in [3.05, 3.63) is 17.2 Å². The Kier molecular flexibility index (Phi) is 8.30. The molecule has 0 saturated carbocycles. The maximum atomic E-state index is 10.9. The molecule has 0 aliphatic rings. The Morgan fingerprint density at radius 1 is 1.09 bits per heavy atom. The van der Waals surface area contributed by atoms with E-state index < -0.39 is 6.16 Å². The summed E-state index contributed by atoms with van der Waals surface area (Å²) < 4.78 is 10.5. The van der Waals surface area contributed by atoms with Crippen molar-refractivity contribution in [3.63, 3.8) is 0 Å². The number of ether oxygens (including phenoxy) is 2. The highest BCUT2D eigenvalue weighted by Gasteiger charge is 2.21. The molecule has 5 nitrogen and oxygen atoms in total. The fraction of sp³-hybridized carbons (Fsp3) is 0.611. The summed E-state index contributed by atoms with van der Waals surface area (Å²) in [7, 11) is 0. The summed E-state index contributed by atoms with van der Waals surface area (Å²) in [5, 5.41) is 19.2. The van der Waals surface area contributed by atoms with E-state index in [0.29, 0.717) is 12.4 Å². The second-order valence-corrected chi connectivity index (χ2v) is 5.61. The first-order chi connectivity index (χ1) is 11.0. The molecule has 0 aliphatic heterocycles. The van der Waals surface area contributed by atoms with Crippen LogP contribution >= 0.6 is 0 Å². The van der Waals surface area contributed by atoms with Crippen LogP contribution < -0.4 is 9.47 Å². The number of phenolic OH excluding ortho intramolecular Hbond substituents is 1. The van der Waals surface area contributed by atoms with Crippen molar-refractivity contribution >= 4 is 6.16 Å². The number of hydrogen-bond acceptors (Lipinski definition) is 4. The van der Waals surface area contributed by atoms with E-state index in [1.54, 1.807) is 6.07 Å². The number of aromatic hydroxyl groups is 1. The number of unbranched alkanes of at least 4 members (excludes halogenated alkanes) is 2. The molecule has 0 radical (unpaired) electrons. The molecule has 1 aromatic carbocycles. The minimum absolute atomic E-state index is 0.0463. The van der Waals surface area contributed by atoms with Crippen molar-refractivity contribution in [2.75, 3.05) is 6.61 Å². The normalized spacial score (nSPS) is 10.6. The van der Waals surface area contributed by atoms with Crippen LogP contribution in [0.1, 0.15) is 64.0 Å². The lowest BCUT2D eigenvalue weighted by Crippen LogP contribution is -2.08. The second kappa shape index (κ2) is 9.98. The van der Waals surface area contributed by atoms with Gasteiger partial charge >= 0.3 is 6.16 Å². The zero-order valence-corrected chi connectivity index (χ0v) is 14.4. The summed E-state index contributed by atoms with van der Waals surface area (Å²) in [4.78, 5) is 10.9. The van der Waals surface area contributed by atoms with E-state index in [1.807, 2.05) is 6.92 Å². The third-order valence-corrected chi connectivity index (χ3v) is 3.64. The molecule has 0 fully saturated rings. The molecule has 0 heterocycles. The van der Waals surface area contributed by atoms with Crippen LogP contribution in [0.25, 0.3) is 0 Å². The Balaban J connectivity index is 3.33. The van der Waals surface area contributed by atoms with E-state index in [9.17, 15) is 9.90 Å². The summed E-state index contributed by atoms with van der Waals surface area (Å²) >= 11 is 0. The Labute approximate surface area is 138 Å². The molecule has 2 N–H and O–H groups in total. The maximum absolute atomic E-state index is 10.9. The van der Waals surface area contributed by atoms with Crippen molar-refractivity contribution in [1.29, 1.82) is 0 Å². The zero-order chi connectivity index (χ0) is 17.2. The highest BCUT2D eigenvalue weighted by Crippen LogP contribution is 2.42. The van der Waals surface area contributed by atoms with Crippen molar-refractivity contribution in [2.45, 2.75) is 65.7 Å². The molecule has 0 spiro atoms. The maximum Gasteiger partial charge on any atom is 0.511 e. The Bertz CT molecular complexity index is 511. The standard InChI is InChI=1S/C18H28O5/c1-4-7-9-13-12-15(23-18(20)21)16(19)17(22-11-6-3)14(13)10-8-5-2/h12,19H,4-11H2,1-3H3,(H,20,21). The monoisotopic (exact) mass is 324 g/mol. The predicted molar refractivity (Wildman–Crippen MR) is 89.8 cm³/mol. The molecule has 0 amide bonds. The third-order valence-electron chi connectivity index (χ3n) is 3.64. The first kappa shape index (κ1) is 19.1. The molecule has 0 saturated heterocycles. The molecule has 0 bridgehead atoms. The molecule has 0 aliphatic carbocycles. The first-order valence-corrected chi connectivity index (χ1v) is 8.46. The van der Waals surface area contributed by atoms with Gasteiger partial charge in [0.2, 0.25) is 5.75 Å². The van der Waals surface area contributed by atoms with Crippen LogP contribution in [-0.4, -0.2) is 23.0 Å².